The summed E-state index contributed by atoms with van der Waals surface area (Å²) < 4.78 is 5.99. The standard InChI is InChI=1S/C27H24BrN3O5/c28-21-11-13-22(14-12-21)29-23(32)17-36-27(35)20-15-24(33)31(16-20)30-26(34)25(18-7-3-1-4-8-18)19-9-5-2-6-10-19/h1-14,20,25H,15-17H2,(H,29,32)(H,30,34)/t20-/m1/s1. The minimum absolute atomic E-state index is 0.0337. The summed E-state index contributed by atoms with van der Waals surface area (Å²) in [5.41, 5.74) is 4.79. The van der Waals surface area contributed by atoms with Crippen LogP contribution in [0.15, 0.2) is 89.4 Å². The highest BCUT2D eigenvalue weighted by Gasteiger charge is 2.37. The zero-order valence-electron chi connectivity index (χ0n) is 19.2. The van der Waals surface area contributed by atoms with E-state index in [1.807, 2.05) is 60.7 Å². The smallest absolute Gasteiger partial charge is 0.311 e. The first-order chi connectivity index (χ1) is 17.4. The van der Waals surface area contributed by atoms with Gasteiger partial charge in [-0.05, 0) is 35.4 Å². The number of carbonyl (C=O) groups is 4. The van der Waals surface area contributed by atoms with Crippen molar-refractivity contribution < 1.29 is 23.9 Å². The second-order valence-electron chi connectivity index (χ2n) is 8.30. The summed E-state index contributed by atoms with van der Waals surface area (Å²) >= 11 is 3.32. The van der Waals surface area contributed by atoms with Gasteiger partial charge in [-0.2, -0.15) is 0 Å². The molecule has 2 N–H and O–H groups in total. The Morgan fingerprint density at radius 1 is 0.917 bits per heavy atom. The molecule has 0 aromatic heterocycles. The Kier molecular flexibility index (Phi) is 8.12. The van der Waals surface area contributed by atoms with E-state index in [-0.39, 0.29) is 18.9 Å². The fraction of sp³-hybridized carbons (Fsp3) is 0.185. The molecular formula is C27H24BrN3O5. The van der Waals surface area contributed by atoms with E-state index in [0.29, 0.717) is 5.69 Å². The summed E-state index contributed by atoms with van der Waals surface area (Å²) in [6, 6.07) is 25.5. The molecule has 184 valence electrons. The first-order valence-electron chi connectivity index (χ1n) is 11.3. The van der Waals surface area contributed by atoms with Crippen LogP contribution in [0.25, 0.3) is 0 Å². The fourth-order valence-corrected chi connectivity index (χ4v) is 4.21. The van der Waals surface area contributed by atoms with Crippen molar-refractivity contribution in [2.75, 3.05) is 18.5 Å². The predicted molar refractivity (Wildman–Crippen MR) is 136 cm³/mol. The van der Waals surface area contributed by atoms with E-state index in [1.54, 1.807) is 24.3 Å². The lowest BCUT2D eigenvalue weighted by atomic mass is 9.91. The van der Waals surface area contributed by atoms with Gasteiger partial charge in [0.1, 0.15) is 0 Å². The van der Waals surface area contributed by atoms with Crippen molar-refractivity contribution in [2.45, 2.75) is 12.3 Å². The molecule has 0 unspecified atom stereocenters. The first-order valence-corrected chi connectivity index (χ1v) is 12.1. The molecule has 8 nitrogen and oxygen atoms in total. The number of halogens is 1. The van der Waals surface area contributed by atoms with Crippen molar-refractivity contribution in [2.24, 2.45) is 5.92 Å². The van der Waals surface area contributed by atoms with Crippen molar-refractivity contribution in [3.05, 3.63) is 101 Å². The Labute approximate surface area is 216 Å². The van der Waals surface area contributed by atoms with Gasteiger partial charge in [0.05, 0.1) is 18.4 Å². The molecule has 0 spiro atoms. The lowest BCUT2D eigenvalue weighted by Gasteiger charge is -2.23. The van der Waals surface area contributed by atoms with Gasteiger partial charge in [-0.3, -0.25) is 29.6 Å². The van der Waals surface area contributed by atoms with Gasteiger partial charge in [0, 0.05) is 16.6 Å². The lowest BCUT2D eigenvalue weighted by molar-refractivity contribution is -0.151. The predicted octanol–water partition coefficient (Wildman–Crippen LogP) is 3.64. The second-order valence-corrected chi connectivity index (χ2v) is 9.21. The molecule has 1 atom stereocenters. The van der Waals surface area contributed by atoms with Crippen LogP contribution in [0.3, 0.4) is 0 Å². The molecule has 9 heteroatoms. The molecule has 1 aliphatic rings. The van der Waals surface area contributed by atoms with Crippen molar-refractivity contribution in [3.63, 3.8) is 0 Å². The Morgan fingerprint density at radius 2 is 1.50 bits per heavy atom. The van der Waals surface area contributed by atoms with Gasteiger partial charge in [0.25, 0.3) is 11.8 Å². The number of esters is 1. The maximum Gasteiger partial charge on any atom is 0.311 e. The average molecular weight is 550 g/mol. The van der Waals surface area contributed by atoms with E-state index in [9.17, 15) is 19.2 Å². The minimum atomic E-state index is -0.787. The third-order valence-electron chi connectivity index (χ3n) is 5.71. The van der Waals surface area contributed by atoms with Crippen molar-refractivity contribution >= 4 is 45.3 Å². The van der Waals surface area contributed by atoms with Crippen molar-refractivity contribution in [3.8, 4) is 0 Å². The van der Waals surface area contributed by atoms with Crippen LogP contribution >= 0.6 is 15.9 Å². The number of ether oxygens (including phenoxy) is 1. The molecule has 0 aliphatic carbocycles. The Morgan fingerprint density at radius 3 is 2.08 bits per heavy atom. The molecule has 1 fully saturated rings. The number of nitrogens with one attached hydrogen (secondary N) is 2. The van der Waals surface area contributed by atoms with E-state index < -0.39 is 36.2 Å². The number of nitrogens with zero attached hydrogens (tertiary/aromatic N) is 1. The second kappa shape index (κ2) is 11.6. The van der Waals surface area contributed by atoms with Crippen LogP contribution in [-0.4, -0.2) is 41.9 Å². The number of rotatable bonds is 8. The number of anilines is 1. The molecule has 0 saturated carbocycles. The minimum Gasteiger partial charge on any atom is -0.455 e. The van der Waals surface area contributed by atoms with Gasteiger partial charge in [-0.25, -0.2) is 0 Å². The van der Waals surface area contributed by atoms with Crippen LogP contribution in [0.4, 0.5) is 5.69 Å². The van der Waals surface area contributed by atoms with Gasteiger partial charge < -0.3 is 10.1 Å². The van der Waals surface area contributed by atoms with E-state index in [0.717, 1.165) is 20.6 Å². The monoisotopic (exact) mass is 549 g/mol. The van der Waals surface area contributed by atoms with Gasteiger partial charge in [-0.15, -0.1) is 0 Å². The Hall–Kier alpha value is -3.98. The molecule has 36 heavy (non-hydrogen) atoms. The quantitative estimate of drug-likeness (QED) is 0.417. The number of hydrogen-bond donors (Lipinski definition) is 2. The van der Waals surface area contributed by atoms with Crippen LogP contribution < -0.4 is 10.7 Å². The summed E-state index contributed by atoms with van der Waals surface area (Å²) in [5.74, 6) is -3.37. The van der Waals surface area contributed by atoms with Crippen LogP contribution in [0, 0.1) is 5.92 Å². The summed E-state index contributed by atoms with van der Waals surface area (Å²) in [7, 11) is 0. The summed E-state index contributed by atoms with van der Waals surface area (Å²) in [6.45, 7) is -0.510. The topological polar surface area (TPSA) is 105 Å². The van der Waals surface area contributed by atoms with Gasteiger partial charge in [0.15, 0.2) is 6.61 Å². The summed E-state index contributed by atoms with van der Waals surface area (Å²) in [5, 5.41) is 3.78. The molecule has 1 aliphatic heterocycles. The number of carbonyl (C=O) groups excluding carboxylic acids is 4. The zero-order valence-corrected chi connectivity index (χ0v) is 20.8. The van der Waals surface area contributed by atoms with Crippen LogP contribution in [0.5, 0.6) is 0 Å². The Bertz CT molecular complexity index is 1200. The maximum atomic E-state index is 13.3. The molecular weight excluding hydrogens is 526 g/mol. The fourth-order valence-electron chi connectivity index (χ4n) is 3.94. The van der Waals surface area contributed by atoms with Crippen LogP contribution in [0.1, 0.15) is 23.5 Å². The lowest BCUT2D eigenvalue weighted by Crippen LogP contribution is -2.45. The van der Waals surface area contributed by atoms with E-state index in [2.05, 4.69) is 26.7 Å². The van der Waals surface area contributed by atoms with Crippen LogP contribution in [-0.2, 0) is 23.9 Å². The van der Waals surface area contributed by atoms with Crippen LogP contribution in [0.2, 0.25) is 0 Å². The number of benzene rings is 3. The number of hydrogen-bond acceptors (Lipinski definition) is 5. The largest absolute Gasteiger partial charge is 0.455 e. The van der Waals surface area contributed by atoms with E-state index in [4.69, 9.17) is 4.74 Å². The van der Waals surface area contributed by atoms with Crippen molar-refractivity contribution in [1.82, 2.24) is 10.4 Å². The highest BCUT2D eigenvalue weighted by molar-refractivity contribution is 9.10. The highest BCUT2D eigenvalue weighted by atomic mass is 79.9. The maximum absolute atomic E-state index is 13.3. The Balaban J connectivity index is 1.34. The van der Waals surface area contributed by atoms with Gasteiger partial charge in [0.2, 0.25) is 5.91 Å². The molecule has 3 amide bonds. The molecule has 0 bridgehead atoms. The third-order valence-corrected chi connectivity index (χ3v) is 6.23. The first kappa shape index (κ1) is 25.1. The molecule has 3 aromatic rings. The molecule has 4 rings (SSSR count). The molecule has 1 heterocycles. The average Bonchev–Trinajstić information content (AvgIpc) is 3.25. The number of amides is 3. The third kappa shape index (κ3) is 6.37. The SMILES string of the molecule is O=C(COC(=O)[C@@H]1CC(=O)N(NC(=O)C(c2ccccc2)c2ccccc2)C1)Nc1ccc(Br)cc1. The van der Waals surface area contributed by atoms with E-state index >= 15 is 0 Å². The molecule has 3 aromatic carbocycles. The summed E-state index contributed by atoms with van der Waals surface area (Å²) in [4.78, 5) is 50.4. The van der Waals surface area contributed by atoms with Gasteiger partial charge >= 0.3 is 5.97 Å². The molecule has 1 saturated heterocycles. The van der Waals surface area contributed by atoms with Gasteiger partial charge in [-0.1, -0.05) is 76.6 Å². The summed E-state index contributed by atoms with van der Waals surface area (Å²) in [6.07, 6.45) is -0.116. The highest BCUT2D eigenvalue weighted by Crippen LogP contribution is 2.26. The van der Waals surface area contributed by atoms with Crippen molar-refractivity contribution in [1.29, 1.82) is 0 Å². The normalized spacial score (nSPS) is 15.0. The molecule has 0 radical (unpaired) electrons. The zero-order chi connectivity index (χ0) is 25.5. The van der Waals surface area contributed by atoms with E-state index in [1.165, 1.54) is 0 Å². The number of hydrazine groups is 1.